The van der Waals surface area contributed by atoms with Crippen LogP contribution < -0.4 is 5.32 Å². The maximum Gasteiger partial charge on any atom is 0.323 e. The highest BCUT2D eigenvalue weighted by atomic mass is 16.4. The van der Waals surface area contributed by atoms with Crippen LogP contribution in [-0.2, 0) is 9.59 Å². The third-order valence-corrected chi connectivity index (χ3v) is 3.89. The van der Waals surface area contributed by atoms with Gasteiger partial charge in [-0.15, -0.1) is 0 Å². The molecule has 0 spiro atoms. The average Bonchev–Trinajstić information content (AvgIpc) is 2.72. The quantitative estimate of drug-likeness (QED) is 0.881. The molecule has 5 nitrogen and oxygen atoms in total. The molecule has 0 aliphatic carbocycles. The summed E-state index contributed by atoms with van der Waals surface area (Å²) in [5.74, 6) is -1.04. The number of amides is 1. The van der Waals surface area contributed by atoms with E-state index in [4.69, 9.17) is 0 Å². The van der Waals surface area contributed by atoms with Gasteiger partial charge in [0.2, 0.25) is 5.91 Å². The van der Waals surface area contributed by atoms with Crippen molar-refractivity contribution in [2.75, 3.05) is 18.4 Å². The van der Waals surface area contributed by atoms with Gasteiger partial charge in [-0.25, -0.2) is 0 Å². The Morgan fingerprint density at radius 1 is 1.45 bits per heavy atom. The van der Waals surface area contributed by atoms with E-state index in [9.17, 15) is 14.7 Å². The minimum Gasteiger partial charge on any atom is -0.480 e. The van der Waals surface area contributed by atoms with E-state index in [2.05, 4.69) is 5.32 Å². The highest BCUT2D eigenvalue weighted by Gasteiger charge is 2.43. The Kier molecular flexibility index (Phi) is 4.09. The predicted molar refractivity (Wildman–Crippen MR) is 76.7 cm³/mol. The number of carboxylic acid groups (broad SMARTS) is 1. The lowest BCUT2D eigenvalue weighted by Crippen LogP contribution is -2.50. The van der Waals surface area contributed by atoms with Gasteiger partial charge in [0.25, 0.3) is 0 Å². The van der Waals surface area contributed by atoms with Crippen molar-refractivity contribution in [3.8, 4) is 0 Å². The van der Waals surface area contributed by atoms with Crippen LogP contribution in [0.5, 0.6) is 0 Å². The largest absolute Gasteiger partial charge is 0.480 e. The van der Waals surface area contributed by atoms with Crippen molar-refractivity contribution in [2.45, 2.75) is 32.2 Å². The van der Waals surface area contributed by atoms with Gasteiger partial charge in [-0.05, 0) is 50.9 Å². The summed E-state index contributed by atoms with van der Waals surface area (Å²) in [7, 11) is 0. The molecule has 1 aliphatic rings. The molecule has 0 saturated carbocycles. The number of carboxylic acids is 1. The molecule has 20 heavy (non-hydrogen) atoms. The van der Waals surface area contributed by atoms with Crippen molar-refractivity contribution >= 4 is 17.6 Å². The maximum atomic E-state index is 12.0. The van der Waals surface area contributed by atoms with E-state index in [1.165, 1.54) is 0 Å². The van der Waals surface area contributed by atoms with Crippen molar-refractivity contribution < 1.29 is 14.7 Å². The van der Waals surface area contributed by atoms with Crippen LogP contribution in [0.2, 0.25) is 0 Å². The number of benzene rings is 1. The van der Waals surface area contributed by atoms with Crippen LogP contribution in [0.4, 0.5) is 5.69 Å². The maximum absolute atomic E-state index is 12.0. The summed E-state index contributed by atoms with van der Waals surface area (Å²) >= 11 is 0. The van der Waals surface area contributed by atoms with Crippen molar-refractivity contribution in [3.05, 3.63) is 29.8 Å². The first-order valence-electron chi connectivity index (χ1n) is 6.77. The number of nitrogens with zero attached hydrogens (tertiary/aromatic N) is 1. The summed E-state index contributed by atoms with van der Waals surface area (Å²) in [5, 5.41) is 12.1. The van der Waals surface area contributed by atoms with Gasteiger partial charge in [0.15, 0.2) is 0 Å². The summed E-state index contributed by atoms with van der Waals surface area (Å²) in [6.45, 7) is 4.39. The van der Waals surface area contributed by atoms with E-state index in [0.29, 0.717) is 13.0 Å². The second-order valence-corrected chi connectivity index (χ2v) is 5.52. The Labute approximate surface area is 118 Å². The van der Waals surface area contributed by atoms with Gasteiger partial charge in [0.1, 0.15) is 5.54 Å². The second-order valence-electron chi connectivity index (χ2n) is 5.52. The van der Waals surface area contributed by atoms with Crippen molar-refractivity contribution in [2.24, 2.45) is 0 Å². The van der Waals surface area contributed by atoms with Crippen molar-refractivity contribution in [1.82, 2.24) is 4.90 Å². The molecule has 1 fully saturated rings. The Morgan fingerprint density at radius 3 is 2.85 bits per heavy atom. The Balaban J connectivity index is 2.00. The molecule has 1 unspecified atom stereocenters. The fraction of sp³-hybridized carbons (Fsp3) is 0.467. The number of rotatable bonds is 4. The van der Waals surface area contributed by atoms with Crippen LogP contribution in [0, 0.1) is 6.92 Å². The number of anilines is 1. The first-order valence-corrected chi connectivity index (χ1v) is 6.77. The molecular formula is C15H20N2O3. The van der Waals surface area contributed by atoms with Crippen LogP contribution in [0.3, 0.4) is 0 Å². The molecule has 0 bridgehead atoms. The fourth-order valence-corrected chi connectivity index (χ4v) is 2.61. The lowest BCUT2D eigenvalue weighted by atomic mass is 9.99. The fourth-order valence-electron chi connectivity index (χ4n) is 2.61. The van der Waals surface area contributed by atoms with Crippen LogP contribution in [0.25, 0.3) is 0 Å². The Bertz CT molecular complexity index is 530. The molecule has 1 aromatic rings. The zero-order valence-electron chi connectivity index (χ0n) is 11.8. The van der Waals surface area contributed by atoms with E-state index < -0.39 is 11.5 Å². The van der Waals surface area contributed by atoms with Gasteiger partial charge in [-0.1, -0.05) is 12.1 Å². The number of likely N-dealkylation sites (tertiary alicyclic amines) is 1. The summed E-state index contributed by atoms with van der Waals surface area (Å²) in [5.41, 5.74) is 0.884. The molecule has 108 valence electrons. The molecule has 0 aromatic heterocycles. The summed E-state index contributed by atoms with van der Waals surface area (Å²) in [4.78, 5) is 25.1. The molecule has 5 heteroatoms. The smallest absolute Gasteiger partial charge is 0.323 e. The minimum atomic E-state index is -0.927. The summed E-state index contributed by atoms with van der Waals surface area (Å²) in [6.07, 6.45) is 1.39. The lowest BCUT2D eigenvalue weighted by molar-refractivity contribution is -0.149. The van der Waals surface area contributed by atoms with Gasteiger partial charge in [-0.2, -0.15) is 0 Å². The zero-order valence-corrected chi connectivity index (χ0v) is 11.8. The van der Waals surface area contributed by atoms with Crippen molar-refractivity contribution in [1.29, 1.82) is 0 Å². The molecule has 0 radical (unpaired) electrons. The van der Waals surface area contributed by atoms with Gasteiger partial charge < -0.3 is 10.4 Å². The predicted octanol–water partition coefficient (Wildman–Crippen LogP) is 1.87. The Morgan fingerprint density at radius 2 is 2.20 bits per heavy atom. The van der Waals surface area contributed by atoms with E-state index in [1.54, 1.807) is 11.8 Å². The molecule has 2 N–H and O–H groups in total. The average molecular weight is 276 g/mol. The third kappa shape index (κ3) is 2.99. The van der Waals surface area contributed by atoms with Crippen LogP contribution >= 0.6 is 0 Å². The van der Waals surface area contributed by atoms with Gasteiger partial charge in [-0.3, -0.25) is 14.5 Å². The molecule has 2 rings (SSSR count). The SMILES string of the molecule is Cc1cccc(NC(=O)CN2CCCC2(C)C(=O)O)c1. The van der Waals surface area contributed by atoms with E-state index in [0.717, 1.165) is 17.7 Å². The second kappa shape index (κ2) is 5.63. The molecule has 1 aliphatic heterocycles. The summed E-state index contributed by atoms with van der Waals surface area (Å²) in [6, 6.07) is 7.54. The number of aliphatic carboxylic acids is 1. The van der Waals surface area contributed by atoms with Crippen LogP contribution in [0.15, 0.2) is 24.3 Å². The molecule has 1 amide bonds. The molecular weight excluding hydrogens is 256 g/mol. The topological polar surface area (TPSA) is 69.6 Å². The monoisotopic (exact) mass is 276 g/mol. The number of hydrogen-bond donors (Lipinski definition) is 2. The first-order chi connectivity index (χ1) is 9.41. The highest BCUT2D eigenvalue weighted by molar-refractivity contribution is 5.93. The standard InChI is InChI=1S/C15H20N2O3/c1-11-5-3-6-12(9-11)16-13(18)10-17-8-4-7-15(17,2)14(19)20/h3,5-6,9H,4,7-8,10H2,1-2H3,(H,16,18)(H,19,20). The number of carbonyl (C=O) groups is 2. The number of nitrogens with one attached hydrogen (secondary N) is 1. The normalized spacial score (nSPS) is 22.7. The van der Waals surface area contributed by atoms with Gasteiger partial charge in [0, 0.05) is 5.69 Å². The van der Waals surface area contributed by atoms with Crippen molar-refractivity contribution in [3.63, 3.8) is 0 Å². The van der Waals surface area contributed by atoms with E-state index in [1.807, 2.05) is 31.2 Å². The molecule has 1 atom stereocenters. The first kappa shape index (κ1) is 14.5. The number of hydrogen-bond acceptors (Lipinski definition) is 3. The zero-order chi connectivity index (χ0) is 14.8. The molecule has 1 saturated heterocycles. The van der Waals surface area contributed by atoms with Crippen LogP contribution in [0.1, 0.15) is 25.3 Å². The van der Waals surface area contributed by atoms with E-state index >= 15 is 0 Å². The highest BCUT2D eigenvalue weighted by Crippen LogP contribution is 2.28. The van der Waals surface area contributed by atoms with Gasteiger partial charge in [0.05, 0.1) is 6.54 Å². The summed E-state index contributed by atoms with van der Waals surface area (Å²) < 4.78 is 0. The van der Waals surface area contributed by atoms with E-state index in [-0.39, 0.29) is 12.5 Å². The molecule has 1 heterocycles. The molecule has 1 aromatic carbocycles. The van der Waals surface area contributed by atoms with Crippen LogP contribution in [-0.4, -0.2) is 40.5 Å². The van der Waals surface area contributed by atoms with Gasteiger partial charge >= 0.3 is 5.97 Å². The lowest BCUT2D eigenvalue weighted by Gasteiger charge is -2.30. The third-order valence-electron chi connectivity index (χ3n) is 3.89. The minimum absolute atomic E-state index is 0.108. The number of aryl methyl sites for hydroxylation is 1. The Hall–Kier alpha value is -1.88. The number of carbonyl (C=O) groups excluding carboxylic acids is 1.